The largest absolute Gasteiger partial charge is 0.458 e. The van der Waals surface area contributed by atoms with Gasteiger partial charge in [-0.05, 0) is 48.9 Å². The standard InChI is InChI=1S/C32H28FIN6O4/c1-18(29-25(19-6-5-9-22(33)17-19)28(41)23-10-2-3-11-24(23)44-29)40-31(37-34)26(30(35)36)27(38-40)20-7-4-8-21(16-20)32(42)39-12-14-43-15-13-39/h2-11,16-18,37H,12-15H2,1H3,(H3,35,36). The Morgan fingerprint density at radius 1 is 1.07 bits per heavy atom. The molecule has 44 heavy (non-hydrogen) atoms. The number of aromatic nitrogens is 2. The first kappa shape index (κ1) is 29.5. The number of rotatable bonds is 7. The van der Waals surface area contributed by atoms with Crippen LogP contribution in [-0.4, -0.2) is 52.7 Å². The minimum atomic E-state index is -0.715. The van der Waals surface area contributed by atoms with E-state index in [1.165, 1.54) is 18.2 Å². The van der Waals surface area contributed by atoms with E-state index in [9.17, 15) is 14.0 Å². The summed E-state index contributed by atoms with van der Waals surface area (Å²) in [6.45, 7) is 3.76. The number of morpholine rings is 1. The van der Waals surface area contributed by atoms with Gasteiger partial charge >= 0.3 is 0 Å². The van der Waals surface area contributed by atoms with Gasteiger partial charge in [0.2, 0.25) is 5.43 Å². The zero-order valence-electron chi connectivity index (χ0n) is 23.6. The number of ether oxygens (including phenoxy) is 1. The summed E-state index contributed by atoms with van der Waals surface area (Å²) in [7, 11) is 0. The van der Waals surface area contributed by atoms with Gasteiger partial charge in [-0.1, -0.05) is 36.4 Å². The summed E-state index contributed by atoms with van der Waals surface area (Å²) in [4.78, 5) is 28.9. The molecule has 12 heteroatoms. The quantitative estimate of drug-likeness (QED) is 0.0868. The number of nitrogen functional groups attached to an aromatic ring is 1. The summed E-state index contributed by atoms with van der Waals surface area (Å²) < 4.78 is 30.8. The fourth-order valence-corrected chi connectivity index (χ4v) is 6.01. The molecule has 10 nitrogen and oxygen atoms in total. The molecule has 0 spiro atoms. The number of nitrogens with one attached hydrogen (secondary N) is 2. The average molecular weight is 707 g/mol. The van der Waals surface area contributed by atoms with E-state index in [1.54, 1.807) is 71.1 Å². The molecule has 6 rings (SSSR count). The normalized spacial score (nSPS) is 14.0. The molecule has 0 bridgehead atoms. The Morgan fingerprint density at radius 2 is 1.80 bits per heavy atom. The number of nitrogens with zero attached hydrogens (tertiary/aromatic N) is 3. The van der Waals surface area contributed by atoms with Crippen LogP contribution in [0.15, 0.2) is 82.0 Å². The number of anilines is 1. The monoisotopic (exact) mass is 706 g/mol. The molecule has 1 aliphatic heterocycles. The van der Waals surface area contributed by atoms with Gasteiger partial charge in [-0.25, -0.2) is 9.07 Å². The number of para-hydroxylation sites is 1. The summed E-state index contributed by atoms with van der Waals surface area (Å²) in [5, 5.41) is 13.7. The van der Waals surface area contributed by atoms with Gasteiger partial charge in [0.1, 0.15) is 40.5 Å². The van der Waals surface area contributed by atoms with Crippen LogP contribution in [0.3, 0.4) is 0 Å². The smallest absolute Gasteiger partial charge is 0.254 e. The van der Waals surface area contributed by atoms with Crippen molar-refractivity contribution in [2.75, 3.05) is 29.8 Å². The van der Waals surface area contributed by atoms with Crippen LogP contribution < -0.4 is 14.7 Å². The number of carbonyl (C=O) groups excluding carboxylic acids is 1. The third kappa shape index (κ3) is 5.35. The molecular formula is C32H28FIN6O4. The lowest BCUT2D eigenvalue weighted by Crippen LogP contribution is -2.40. The first-order chi connectivity index (χ1) is 21.3. The van der Waals surface area contributed by atoms with Crippen LogP contribution in [0.5, 0.6) is 0 Å². The summed E-state index contributed by atoms with van der Waals surface area (Å²) >= 11 is 1.94. The maximum atomic E-state index is 14.4. The average Bonchev–Trinajstić information content (AvgIpc) is 3.45. The van der Waals surface area contributed by atoms with Crippen molar-refractivity contribution < 1.29 is 18.3 Å². The SMILES string of the molecule is CC(c1oc2ccccc2c(=O)c1-c1cccc(F)c1)n1nc(-c2cccc(C(=O)N3CCOCC3)c2)c(C(=N)N)c1NI. The Bertz CT molecular complexity index is 1970. The maximum Gasteiger partial charge on any atom is 0.254 e. The lowest BCUT2D eigenvalue weighted by atomic mass is 9.99. The van der Waals surface area contributed by atoms with E-state index >= 15 is 0 Å². The predicted molar refractivity (Wildman–Crippen MR) is 175 cm³/mol. The van der Waals surface area contributed by atoms with Crippen LogP contribution in [0.1, 0.15) is 34.6 Å². The molecule has 3 aromatic carbocycles. The molecule has 3 heterocycles. The third-order valence-electron chi connectivity index (χ3n) is 7.64. The zero-order valence-corrected chi connectivity index (χ0v) is 25.8. The number of nitrogens with two attached hydrogens (primary N) is 1. The van der Waals surface area contributed by atoms with Gasteiger partial charge in [0.15, 0.2) is 0 Å². The molecular weight excluding hydrogens is 678 g/mol. The van der Waals surface area contributed by atoms with Crippen molar-refractivity contribution in [2.45, 2.75) is 13.0 Å². The zero-order chi connectivity index (χ0) is 31.0. The number of benzene rings is 3. The highest BCUT2D eigenvalue weighted by Crippen LogP contribution is 2.37. The molecule has 1 saturated heterocycles. The molecule has 1 unspecified atom stereocenters. The number of hydrogen-bond acceptors (Lipinski definition) is 7. The summed E-state index contributed by atoms with van der Waals surface area (Å²) in [5.41, 5.74) is 8.49. The summed E-state index contributed by atoms with van der Waals surface area (Å²) in [5.74, 6) is -0.209. The molecule has 0 radical (unpaired) electrons. The molecule has 5 aromatic rings. The van der Waals surface area contributed by atoms with E-state index in [4.69, 9.17) is 25.4 Å². The van der Waals surface area contributed by atoms with Crippen LogP contribution in [0, 0.1) is 11.2 Å². The van der Waals surface area contributed by atoms with Crippen molar-refractivity contribution in [1.29, 1.82) is 5.41 Å². The van der Waals surface area contributed by atoms with Crippen molar-refractivity contribution in [2.24, 2.45) is 5.73 Å². The van der Waals surface area contributed by atoms with Gasteiger partial charge in [-0.2, -0.15) is 5.10 Å². The molecule has 1 aliphatic rings. The Kier molecular flexibility index (Phi) is 8.19. The van der Waals surface area contributed by atoms with E-state index < -0.39 is 11.9 Å². The highest BCUT2D eigenvalue weighted by molar-refractivity contribution is 14.1. The van der Waals surface area contributed by atoms with Gasteiger partial charge in [0.25, 0.3) is 5.91 Å². The summed E-state index contributed by atoms with van der Waals surface area (Å²) in [6.07, 6.45) is 0. The number of hydrogen-bond donors (Lipinski definition) is 3. The van der Waals surface area contributed by atoms with Crippen LogP contribution in [-0.2, 0) is 4.74 Å². The van der Waals surface area contributed by atoms with Gasteiger partial charge in [0, 0.05) is 24.2 Å². The van der Waals surface area contributed by atoms with E-state index in [1.807, 2.05) is 22.9 Å². The Morgan fingerprint density at radius 3 is 2.52 bits per heavy atom. The minimum Gasteiger partial charge on any atom is -0.458 e. The second kappa shape index (κ2) is 12.2. The Labute approximate surface area is 265 Å². The fraction of sp³-hybridized carbons (Fsp3) is 0.188. The van der Waals surface area contributed by atoms with Crippen molar-refractivity contribution in [3.05, 3.63) is 106 Å². The molecule has 1 atom stereocenters. The highest BCUT2D eigenvalue weighted by Gasteiger charge is 2.29. The highest BCUT2D eigenvalue weighted by atomic mass is 127. The number of amides is 1. The van der Waals surface area contributed by atoms with E-state index in [0.717, 1.165) is 0 Å². The first-order valence-corrected chi connectivity index (χ1v) is 15.0. The molecule has 0 saturated carbocycles. The van der Waals surface area contributed by atoms with Gasteiger partial charge in [0.05, 0.1) is 52.6 Å². The second-order valence-corrected chi connectivity index (χ2v) is 10.9. The first-order valence-electron chi connectivity index (χ1n) is 13.9. The lowest BCUT2D eigenvalue weighted by molar-refractivity contribution is 0.0303. The summed E-state index contributed by atoms with van der Waals surface area (Å²) in [6, 6.07) is 19.0. The van der Waals surface area contributed by atoms with E-state index in [-0.39, 0.29) is 28.5 Å². The fourth-order valence-electron chi connectivity index (χ4n) is 5.49. The maximum absolute atomic E-state index is 14.4. The van der Waals surface area contributed by atoms with Crippen LogP contribution >= 0.6 is 22.9 Å². The Balaban J connectivity index is 1.52. The predicted octanol–water partition coefficient (Wildman–Crippen LogP) is 5.59. The molecule has 0 aliphatic carbocycles. The van der Waals surface area contributed by atoms with E-state index in [2.05, 4.69) is 3.53 Å². The topological polar surface area (TPSA) is 139 Å². The van der Waals surface area contributed by atoms with Crippen molar-refractivity contribution >= 4 is 51.4 Å². The molecule has 1 amide bonds. The number of halogens is 2. The van der Waals surface area contributed by atoms with Gasteiger partial charge < -0.3 is 23.3 Å². The molecule has 2 aromatic heterocycles. The number of carbonyl (C=O) groups is 1. The number of amidine groups is 1. The van der Waals surface area contributed by atoms with Crippen molar-refractivity contribution in [1.82, 2.24) is 14.7 Å². The van der Waals surface area contributed by atoms with Crippen molar-refractivity contribution in [3.8, 4) is 22.4 Å². The lowest BCUT2D eigenvalue weighted by Gasteiger charge is -2.27. The van der Waals surface area contributed by atoms with Crippen LogP contribution in [0.4, 0.5) is 10.2 Å². The van der Waals surface area contributed by atoms with Gasteiger partial charge in [-0.3, -0.25) is 15.0 Å². The Hall–Kier alpha value is -4.56. The second-order valence-electron chi connectivity index (χ2n) is 10.4. The van der Waals surface area contributed by atoms with Crippen LogP contribution in [0.25, 0.3) is 33.4 Å². The van der Waals surface area contributed by atoms with Crippen molar-refractivity contribution in [3.63, 3.8) is 0 Å². The molecule has 4 N–H and O–H groups in total. The minimum absolute atomic E-state index is 0.128. The number of fused-ring (bicyclic) bond motifs is 1. The third-order valence-corrected chi connectivity index (χ3v) is 8.15. The van der Waals surface area contributed by atoms with Gasteiger partial charge in [-0.15, -0.1) is 0 Å². The van der Waals surface area contributed by atoms with E-state index in [0.29, 0.717) is 71.0 Å². The van der Waals surface area contributed by atoms with Crippen LogP contribution in [0.2, 0.25) is 0 Å². The molecule has 1 fully saturated rings. The molecule has 224 valence electrons.